The number of H-pyrrole nitrogens is 1. The fourth-order valence-electron chi connectivity index (χ4n) is 1.76. The maximum atomic E-state index is 12.3. The molecule has 8 heteroatoms. The summed E-state index contributed by atoms with van der Waals surface area (Å²) in [5.74, 6) is 0.309. The van der Waals surface area contributed by atoms with Crippen LogP contribution in [0, 0.1) is 20.8 Å². The van der Waals surface area contributed by atoms with Crippen LogP contribution in [0.3, 0.4) is 0 Å². The molecule has 0 atom stereocenters. The average molecular weight is 345 g/mol. The first-order chi connectivity index (χ1) is 8.81. The molecule has 2 aromatic heterocycles. The van der Waals surface area contributed by atoms with E-state index in [1.165, 1.54) is 0 Å². The Bertz CT molecular complexity index is 705. The van der Waals surface area contributed by atoms with E-state index >= 15 is 0 Å². The fourth-order valence-corrected chi connectivity index (χ4v) is 3.66. The molecule has 2 aromatic rings. The van der Waals surface area contributed by atoms with Gasteiger partial charge in [-0.2, -0.15) is 5.10 Å². The fraction of sp³-hybridized carbons (Fsp3) is 0.273. The summed E-state index contributed by atoms with van der Waals surface area (Å²) in [5, 5.41) is 6.54. The van der Waals surface area contributed by atoms with Crippen LogP contribution in [0.15, 0.2) is 21.6 Å². The molecule has 0 aliphatic rings. The minimum absolute atomic E-state index is 0.164. The molecular weight excluding hydrogens is 332 g/mol. The Morgan fingerprint density at radius 2 is 2.00 bits per heavy atom. The van der Waals surface area contributed by atoms with E-state index in [0.717, 1.165) is 10.0 Å². The quantitative estimate of drug-likeness (QED) is 0.893. The predicted octanol–water partition coefficient (Wildman–Crippen LogP) is 2.29. The van der Waals surface area contributed by atoms with Gasteiger partial charge in [-0.1, -0.05) is 0 Å². The van der Waals surface area contributed by atoms with Crippen LogP contribution in [0.2, 0.25) is 0 Å². The number of hydrogen-bond acceptors (Lipinski definition) is 4. The lowest BCUT2D eigenvalue weighted by Gasteiger charge is -2.09. The van der Waals surface area contributed by atoms with Crippen molar-refractivity contribution in [2.75, 3.05) is 4.72 Å². The van der Waals surface area contributed by atoms with Gasteiger partial charge in [0.25, 0.3) is 10.0 Å². The lowest BCUT2D eigenvalue weighted by Crippen LogP contribution is -2.16. The van der Waals surface area contributed by atoms with Gasteiger partial charge >= 0.3 is 0 Å². The van der Waals surface area contributed by atoms with Crippen molar-refractivity contribution in [1.82, 2.24) is 15.2 Å². The SMILES string of the molecule is Cc1cc(Br)cnc1NS(=O)(=O)c1c(C)n[nH]c1C. The number of nitrogens with zero attached hydrogens (tertiary/aromatic N) is 2. The average Bonchev–Trinajstić information content (AvgIpc) is 2.63. The molecule has 6 nitrogen and oxygen atoms in total. The monoisotopic (exact) mass is 344 g/mol. The Hall–Kier alpha value is -1.41. The van der Waals surface area contributed by atoms with Gasteiger partial charge in [0.1, 0.15) is 10.7 Å². The van der Waals surface area contributed by atoms with E-state index in [1.807, 2.05) is 0 Å². The highest BCUT2D eigenvalue weighted by molar-refractivity contribution is 9.10. The standard InChI is InChI=1S/C11H13BrN4O2S/c1-6-4-9(12)5-13-11(6)16-19(17,18)10-7(2)14-15-8(10)3/h4-5H,1-3H3,(H,13,16)(H,14,15). The number of sulfonamides is 1. The van der Waals surface area contributed by atoms with Gasteiger partial charge in [-0.3, -0.25) is 9.82 Å². The van der Waals surface area contributed by atoms with Crippen molar-refractivity contribution < 1.29 is 8.42 Å². The lowest BCUT2D eigenvalue weighted by atomic mass is 10.3. The predicted molar refractivity (Wildman–Crippen MR) is 75.5 cm³/mol. The normalized spacial score (nSPS) is 11.6. The maximum absolute atomic E-state index is 12.3. The van der Waals surface area contributed by atoms with Gasteiger partial charge < -0.3 is 0 Å². The highest BCUT2D eigenvalue weighted by atomic mass is 79.9. The molecule has 0 radical (unpaired) electrons. The summed E-state index contributed by atoms with van der Waals surface area (Å²) in [5.41, 5.74) is 1.66. The second-order valence-electron chi connectivity index (χ2n) is 4.19. The van der Waals surface area contributed by atoms with Gasteiger partial charge in [0.15, 0.2) is 0 Å². The molecule has 2 heterocycles. The van der Waals surface area contributed by atoms with Crippen molar-refractivity contribution >= 4 is 31.8 Å². The maximum Gasteiger partial charge on any atom is 0.266 e. The third-order valence-corrected chi connectivity index (χ3v) is 4.64. The topological polar surface area (TPSA) is 87.7 Å². The van der Waals surface area contributed by atoms with Crippen LogP contribution in [-0.4, -0.2) is 23.6 Å². The van der Waals surface area contributed by atoms with E-state index in [0.29, 0.717) is 17.2 Å². The molecule has 0 aromatic carbocycles. The molecule has 19 heavy (non-hydrogen) atoms. The van der Waals surface area contributed by atoms with E-state index in [9.17, 15) is 8.42 Å². The van der Waals surface area contributed by atoms with Crippen molar-refractivity contribution in [3.8, 4) is 0 Å². The number of aryl methyl sites for hydroxylation is 3. The first kappa shape index (κ1) is 14.0. The van der Waals surface area contributed by atoms with Crippen LogP contribution < -0.4 is 4.72 Å². The number of hydrogen-bond donors (Lipinski definition) is 2. The van der Waals surface area contributed by atoms with Crippen LogP contribution in [0.5, 0.6) is 0 Å². The number of aromatic amines is 1. The number of aromatic nitrogens is 3. The van der Waals surface area contributed by atoms with Gasteiger partial charge in [-0.15, -0.1) is 0 Å². The van der Waals surface area contributed by atoms with Crippen molar-refractivity contribution in [3.05, 3.63) is 33.7 Å². The molecule has 0 spiro atoms. The Morgan fingerprint density at radius 1 is 1.32 bits per heavy atom. The Labute approximate surface area is 119 Å². The van der Waals surface area contributed by atoms with E-state index in [1.54, 1.807) is 33.0 Å². The second-order valence-corrected chi connectivity index (χ2v) is 6.72. The van der Waals surface area contributed by atoms with E-state index in [-0.39, 0.29) is 4.90 Å². The highest BCUT2D eigenvalue weighted by Crippen LogP contribution is 2.23. The summed E-state index contributed by atoms with van der Waals surface area (Å²) in [6.45, 7) is 5.08. The van der Waals surface area contributed by atoms with Gasteiger partial charge in [-0.05, 0) is 48.3 Å². The van der Waals surface area contributed by atoms with Gasteiger partial charge in [-0.25, -0.2) is 13.4 Å². The van der Waals surface area contributed by atoms with E-state index < -0.39 is 10.0 Å². The van der Waals surface area contributed by atoms with Crippen LogP contribution in [-0.2, 0) is 10.0 Å². The van der Waals surface area contributed by atoms with Crippen LogP contribution >= 0.6 is 15.9 Å². The molecule has 0 aliphatic carbocycles. The third-order valence-electron chi connectivity index (χ3n) is 2.61. The summed E-state index contributed by atoms with van der Waals surface area (Å²) in [7, 11) is -3.69. The van der Waals surface area contributed by atoms with E-state index in [4.69, 9.17) is 0 Å². The molecule has 0 amide bonds. The smallest absolute Gasteiger partial charge is 0.266 e. The third kappa shape index (κ3) is 2.79. The number of pyridine rings is 1. The molecule has 0 fully saturated rings. The zero-order chi connectivity index (χ0) is 14.2. The second kappa shape index (κ2) is 4.93. The summed E-state index contributed by atoms with van der Waals surface area (Å²) >= 11 is 3.28. The molecule has 2 rings (SSSR count). The van der Waals surface area contributed by atoms with Crippen LogP contribution in [0.25, 0.3) is 0 Å². The van der Waals surface area contributed by atoms with Crippen molar-refractivity contribution in [2.45, 2.75) is 25.7 Å². The van der Waals surface area contributed by atoms with Crippen LogP contribution in [0.1, 0.15) is 17.0 Å². The summed E-state index contributed by atoms with van der Waals surface area (Å²) in [6, 6.07) is 1.79. The Kier molecular flexibility index (Phi) is 3.64. The number of rotatable bonds is 3. The minimum atomic E-state index is -3.69. The largest absolute Gasteiger partial charge is 0.281 e. The molecule has 0 saturated carbocycles. The highest BCUT2D eigenvalue weighted by Gasteiger charge is 2.23. The summed E-state index contributed by atoms with van der Waals surface area (Å²) in [4.78, 5) is 4.23. The summed E-state index contributed by atoms with van der Waals surface area (Å²) in [6.07, 6.45) is 1.54. The van der Waals surface area contributed by atoms with Crippen molar-refractivity contribution in [1.29, 1.82) is 0 Å². The molecule has 2 N–H and O–H groups in total. The zero-order valence-electron chi connectivity index (χ0n) is 10.7. The lowest BCUT2D eigenvalue weighted by molar-refractivity contribution is 0.600. The van der Waals surface area contributed by atoms with Gasteiger partial charge in [0, 0.05) is 10.7 Å². The molecule has 0 unspecified atom stereocenters. The molecule has 0 saturated heterocycles. The van der Waals surface area contributed by atoms with Crippen molar-refractivity contribution in [2.24, 2.45) is 0 Å². The number of halogens is 1. The number of nitrogens with one attached hydrogen (secondary N) is 2. The zero-order valence-corrected chi connectivity index (χ0v) is 13.1. The first-order valence-corrected chi connectivity index (χ1v) is 7.75. The Balaban J connectivity index is 2.42. The Morgan fingerprint density at radius 3 is 2.53 bits per heavy atom. The first-order valence-electron chi connectivity index (χ1n) is 5.48. The van der Waals surface area contributed by atoms with E-state index in [2.05, 4.69) is 35.8 Å². The summed E-state index contributed by atoms with van der Waals surface area (Å²) < 4.78 is 27.9. The molecule has 0 aliphatic heterocycles. The number of anilines is 1. The molecular formula is C11H13BrN4O2S. The van der Waals surface area contributed by atoms with Gasteiger partial charge in [0.05, 0.1) is 11.4 Å². The van der Waals surface area contributed by atoms with Crippen LogP contribution in [0.4, 0.5) is 5.82 Å². The minimum Gasteiger partial charge on any atom is -0.281 e. The molecule has 0 bridgehead atoms. The van der Waals surface area contributed by atoms with Crippen molar-refractivity contribution in [3.63, 3.8) is 0 Å². The molecule has 102 valence electrons. The van der Waals surface area contributed by atoms with Gasteiger partial charge in [0.2, 0.25) is 0 Å².